The molecule has 0 saturated heterocycles. The lowest BCUT2D eigenvalue weighted by molar-refractivity contribution is 0.0668. The maximum absolute atomic E-state index is 12.8. The zero-order valence-corrected chi connectivity index (χ0v) is 18.3. The smallest absolute Gasteiger partial charge is 0.319 e. The number of imidazole rings is 1. The summed E-state index contributed by atoms with van der Waals surface area (Å²) < 4.78 is 32.2. The Morgan fingerprint density at radius 3 is 2.72 bits per heavy atom. The van der Waals surface area contributed by atoms with Crippen molar-refractivity contribution in [1.29, 1.82) is 0 Å². The van der Waals surface area contributed by atoms with E-state index in [4.69, 9.17) is 4.74 Å². The number of guanidine groups is 1. The van der Waals surface area contributed by atoms with Gasteiger partial charge in [0.1, 0.15) is 11.6 Å². The molecule has 0 bridgehead atoms. The molecule has 29 heavy (non-hydrogen) atoms. The first kappa shape index (κ1) is 22.9. The molecular formula is C20H24F2IN5O. The van der Waals surface area contributed by atoms with Gasteiger partial charge >= 0.3 is 6.55 Å². The number of alkyl halides is 2. The molecule has 0 spiro atoms. The van der Waals surface area contributed by atoms with E-state index in [1.165, 1.54) is 17.8 Å². The molecule has 0 amide bonds. The van der Waals surface area contributed by atoms with Crippen molar-refractivity contribution in [2.45, 2.75) is 19.5 Å². The second-order valence-corrected chi connectivity index (χ2v) is 6.09. The molecule has 0 aliphatic rings. The highest BCUT2D eigenvalue weighted by Crippen LogP contribution is 2.20. The van der Waals surface area contributed by atoms with Gasteiger partial charge in [-0.25, -0.2) is 4.98 Å². The molecule has 0 unspecified atom stereocenters. The van der Waals surface area contributed by atoms with E-state index in [2.05, 4.69) is 32.7 Å². The van der Waals surface area contributed by atoms with Crippen LogP contribution < -0.4 is 15.4 Å². The summed E-state index contributed by atoms with van der Waals surface area (Å²) in [6, 6.07) is 14.2. The van der Waals surface area contributed by atoms with Crippen molar-refractivity contribution in [3.05, 3.63) is 60.7 Å². The largest absolute Gasteiger partial charge is 0.494 e. The summed E-state index contributed by atoms with van der Waals surface area (Å²) in [5, 5.41) is 8.43. The molecule has 3 rings (SSSR count). The number of nitrogens with one attached hydrogen (secondary N) is 2. The molecule has 0 atom stereocenters. The standard InChI is InChI=1S/C20H23F2N5O.HI/c1-23-20(26-14-18-24-10-11-27(18)19(21)22)25-9-4-12-28-17-8-7-15-5-2-3-6-16(15)13-17;/h2-3,5-8,10-11,13,19H,4,9,12,14H2,1H3,(H2,23,25,26);1H. The van der Waals surface area contributed by atoms with Crippen LogP contribution in [-0.4, -0.2) is 35.7 Å². The van der Waals surface area contributed by atoms with Gasteiger partial charge in [0.15, 0.2) is 5.96 Å². The first-order chi connectivity index (χ1) is 13.7. The Labute approximate surface area is 185 Å². The van der Waals surface area contributed by atoms with Gasteiger partial charge in [-0.2, -0.15) is 8.78 Å². The van der Waals surface area contributed by atoms with Crippen LogP contribution in [-0.2, 0) is 6.54 Å². The fourth-order valence-electron chi connectivity index (χ4n) is 2.77. The van der Waals surface area contributed by atoms with Gasteiger partial charge in [-0.05, 0) is 29.3 Å². The van der Waals surface area contributed by atoms with Gasteiger partial charge in [-0.3, -0.25) is 9.56 Å². The molecule has 6 nitrogen and oxygen atoms in total. The summed E-state index contributed by atoms with van der Waals surface area (Å²) in [6.45, 7) is -1.26. The van der Waals surface area contributed by atoms with Crippen molar-refractivity contribution in [1.82, 2.24) is 20.2 Å². The van der Waals surface area contributed by atoms with Crippen LogP contribution in [0, 0.1) is 0 Å². The summed E-state index contributed by atoms with van der Waals surface area (Å²) in [5.41, 5.74) is 0. The summed E-state index contributed by atoms with van der Waals surface area (Å²) in [7, 11) is 1.63. The number of aromatic nitrogens is 2. The fourth-order valence-corrected chi connectivity index (χ4v) is 2.77. The number of aliphatic imine (C=N–C) groups is 1. The number of benzene rings is 2. The number of hydrogen-bond donors (Lipinski definition) is 2. The van der Waals surface area contributed by atoms with Crippen LogP contribution in [0.25, 0.3) is 10.8 Å². The number of hydrogen-bond acceptors (Lipinski definition) is 3. The number of ether oxygens (including phenoxy) is 1. The van der Waals surface area contributed by atoms with Gasteiger partial charge in [0.25, 0.3) is 0 Å². The van der Waals surface area contributed by atoms with E-state index in [0.717, 1.165) is 22.1 Å². The van der Waals surface area contributed by atoms with Gasteiger partial charge < -0.3 is 15.4 Å². The fraction of sp³-hybridized carbons (Fsp3) is 0.300. The van der Waals surface area contributed by atoms with E-state index in [9.17, 15) is 8.78 Å². The molecule has 0 saturated carbocycles. The van der Waals surface area contributed by atoms with Gasteiger partial charge in [-0.1, -0.05) is 30.3 Å². The van der Waals surface area contributed by atoms with Gasteiger partial charge in [-0.15, -0.1) is 24.0 Å². The Bertz CT molecular complexity index is 932. The molecule has 9 heteroatoms. The molecule has 1 heterocycles. The van der Waals surface area contributed by atoms with E-state index in [-0.39, 0.29) is 36.3 Å². The summed E-state index contributed by atoms with van der Waals surface area (Å²) in [6.07, 6.45) is 3.37. The van der Waals surface area contributed by atoms with Crippen LogP contribution in [0.15, 0.2) is 59.9 Å². The molecule has 0 fully saturated rings. The Balaban J connectivity index is 0.00000300. The van der Waals surface area contributed by atoms with Crippen molar-refractivity contribution < 1.29 is 13.5 Å². The summed E-state index contributed by atoms with van der Waals surface area (Å²) in [4.78, 5) is 8.01. The third-order valence-electron chi connectivity index (χ3n) is 4.20. The van der Waals surface area contributed by atoms with Gasteiger partial charge in [0, 0.05) is 26.0 Å². The first-order valence-corrected chi connectivity index (χ1v) is 9.03. The summed E-state index contributed by atoms with van der Waals surface area (Å²) in [5.74, 6) is 1.60. The zero-order chi connectivity index (χ0) is 19.8. The van der Waals surface area contributed by atoms with Crippen LogP contribution in [0.5, 0.6) is 5.75 Å². The zero-order valence-electron chi connectivity index (χ0n) is 16.0. The third kappa shape index (κ3) is 6.55. The van der Waals surface area contributed by atoms with Crippen molar-refractivity contribution in [3.63, 3.8) is 0 Å². The maximum Gasteiger partial charge on any atom is 0.319 e. The highest BCUT2D eigenvalue weighted by Gasteiger charge is 2.11. The van der Waals surface area contributed by atoms with Crippen LogP contribution in [0.1, 0.15) is 18.8 Å². The normalized spacial score (nSPS) is 11.4. The Morgan fingerprint density at radius 2 is 1.97 bits per heavy atom. The molecule has 0 radical (unpaired) electrons. The highest BCUT2D eigenvalue weighted by atomic mass is 127. The van der Waals surface area contributed by atoms with Crippen molar-refractivity contribution in [2.24, 2.45) is 4.99 Å². The van der Waals surface area contributed by atoms with E-state index >= 15 is 0 Å². The first-order valence-electron chi connectivity index (χ1n) is 9.03. The second-order valence-electron chi connectivity index (χ2n) is 6.09. The molecule has 1 aromatic heterocycles. The van der Waals surface area contributed by atoms with Crippen LogP contribution in [0.2, 0.25) is 0 Å². The Hall–Kier alpha value is -2.43. The quantitative estimate of drug-likeness (QED) is 0.205. The van der Waals surface area contributed by atoms with Crippen molar-refractivity contribution in [3.8, 4) is 5.75 Å². The minimum atomic E-state index is -2.61. The van der Waals surface area contributed by atoms with E-state index in [1.54, 1.807) is 7.05 Å². The Kier molecular flexibility index (Phi) is 9.10. The Morgan fingerprint density at radius 1 is 1.17 bits per heavy atom. The summed E-state index contributed by atoms with van der Waals surface area (Å²) >= 11 is 0. The molecule has 0 aliphatic heterocycles. The minimum absolute atomic E-state index is 0. The van der Waals surface area contributed by atoms with Crippen LogP contribution in [0.4, 0.5) is 8.78 Å². The average molecular weight is 515 g/mol. The number of rotatable bonds is 8. The minimum Gasteiger partial charge on any atom is -0.494 e. The number of fused-ring (bicyclic) bond motifs is 1. The van der Waals surface area contributed by atoms with Crippen LogP contribution in [0.3, 0.4) is 0 Å². The number of halogens is 3. The van der Waals surface area contributed by atoms with Gasteiger partial charge in [0.05, 0.1) is 13.2 Å². The lowest BCUT2D eigenvalue weighted by atomic mass is 10.1. The van der Waals surface area contributed by atoms with Crippen molar-refractivity contribution >= 4 is 40.7 Å². The predicted octanol–water partition coefficient (Wildman–Crippen LogP) is 4.18. The number of nitrogens with zero attached hydrogens (tertiary/aromatic N) is 3. The third-order valence-corrected chi connectivity index (χ3v) is 4.20. The molecule has 3 aromatic rings. The lowest BCUT2D eigenvalue weighted by Crippen LogP contribution is -2.38. The van der Waals surface area contributed by atoms with E-state index in [1.807, 2.05) is 30.3 Å². The van der Waals surface area contributed by atoms with E-state index < -0.39 is 6.55 Å². The molecule has 2 aromatic carbocycles. The highest BCUT2D eigenvalue weighted by molar-refractivity contribution is 14.0. The molecule has 2 N–H and O–H groups in total. The average Bonchev–Trinajstić information content (AvgIpc) is 3.19. The predicted molar refractivity (Wildman–Crippen MR) is 121 cm³/mol. The topological polar surface area (TPSA) is 63.5 Å². The van der Waals surface area contributed by atoms with Gasteiger partial charge in [0.2, 0.25) is 0 Å². The van der Waals surface area contributed by atoms with E-state index in [0.29, 0.717) is 19.1 Å². The van der Waals surface area contributed by atoms with Crippen molar-refractivity contribution in [2.75, 3.05) is 20.2 Å². The SMILES string of the molecule is CN=C(NCCCOc1ccc2ccccc2c1)NCc1nccn1C(F)F.I. The monoisotopic (exact) mass is 515 g/mol. The molecule has 156 valence electrons. The molecule has 0 aliphatic carbocycles. The second kappa shape index (κ2) is 11.5. The van der Waals surface area contributed by atoms with Crippen LogP contribution >= 0.6 is 24.0 Å². The maximum atomic E-state index is 12.8. The molecular weight excluding hydrogens is 491 g/mol. The lowest BCUT2D eigenvalue weighted by Gasteiger charge is -2.13.